The van der Waals surface area contributed by atoms with Gasteiger partial charge in [0.15, 0.2) is 5.82 Å². The number of rotatable bonds is 8. The summed E-state index contributed by atoms with van der Waals surface area (Å²) in [5.74, 6) is 1.90. The lowest BCUT2D eigenvalue weighted by Crippen LogP contribution is -2.09. The summed E-state index contributed by atoms with van der Waals surface area (Å²) in [5.41, 5.74) is 3.09. The zero-order valence-corrected chi connectivity index (χ0v) is 16.4. The third kappa shape index (κ3) is 5.38. The molecule has 0 atom stereocenters. The number of hydrogen-bond acceptors (Lipinski definition) is 5. The van der Waals surface area contributed by atoms with Crippen LogP contribution in [-0.4, -0.2) is 21.5 Å². The van der Waals surface area contributed by atoms with E-state index in [1.165, 1.54) is 12.1 Å². The number of nitrogens with zero attached hydrogens (tertiary/aromatic N) is 3. The molecule has 0 aliphatic rings. The number of anilines is 2. The van der Waals surface area contributed by atoms with Gasteiger partial charge < -0.3 is 10.6 Å². The van der Waals surface area contributed by atoms with Gasteiger partial charge in [-0.25, -0.2) is 14.4 Å². The average Bonchev–Trinajstić information content (AvgIpc) is 2.80. The SMILES string of the molecule is Fc1ccc(CCNc2cc(NCc3cccnc3)nc(-c3ccccc3)n2)cc1. The van der Waals surface area contributed by atoms with Crippen LogP contribution in [-0.2, 0) is 13.0 Å². The van der Waals surface area contributed by atoms with E-state index in [1.807, 2.05) is 54.7 Å². The Morgan fingerprint density at radius 3 is 2.27 bits per heavy atom. The molecule has 0 unspecified atom stereocenters. The highest BCUT2D eigenvalue weighted by atomic mass is 19.1. The van der Waals surface area contributed by atoms with Gasteiger partial charge >= 0.3 is 0 Å². The predicted octanol–water partition coefficient (Wildman–Crippen LogP) is 4.94. The van der Waals surface area contributed by atoms with Crippen molar-refractivity contribution >= 4 is 11.6 Å². The fourth-order valence-corrected chi connectivity index (χ4v) is 3.03. The maximum absolute atomic E-state index is 13.1. The maximum Gasteiger partial charge on any atom is 0.163 e. The highest BCUT2D eigenvalue weighted by Crippen LogP contribution is 2.20. The van der Waals surface area contributed by atoms with Gasteiger partial charge in [0, 0.05) is 37.1 Å². The Hall–Kier alpha value is -3.80. The lowest BCUT2D eigenvalue weighted by molar-refractivity contribution is 0.627. The van der Waals surface area contributed by atoms with Crippen molar-refractivity contribution in [2.45, 2.75) is 13.0 Å². The second-order valence-corrected chi connectivity index (χ2v) is 6.85. The summed E-state index contributed by atoms with van der Waals surface area (Å²) in [7, 11) is 0. The standard InChI is InChI=1S/C24H22FN5/c25-21-10-8-18(9-11-21)12-14-27-22-15-23(28-17-19-5-4-13-26-16-19)30-24(29-22)20-6-2-1-3-7-20/h1-11,13,15-16H,12,14,17H2,(H2,27,28,29,30). The minimum Gasteiger partial charge on any atom is -0.370 e. The molecule has 2 aromatic heterocycles. The van der Waals surface area contributed by atoms with E-state index in [9.17, 15) is 4.39 Å². The molecular formula is C24H22FN5. The second-order valence-electron chi connectivity index (χ2n) is 6.85. The smallest absolute Gasteiger partial charge is 0.163 e. The fourth-order valence-electron chi connectivity index (χ4n) is 3.03. The lowest BCUT2D eigenvalue weighted by Gasteiger charge is -2.12. The number of halogens is 1. The van der Waals surface area contributed by atoms with Gasteiger partial charge in [-0.15, -0.1) is 0 Å². The molecule has 0 saturated heterocycles. The van der Waals surface area contributed by atoms with Crippen molar-refractivity contribution in [3.63, 3.8) is 0 Å². The Morgan fingerprint density at radius 1 is 0.767 bits per heavy atom. The summed E-state index contributed by atoms with van der Waals surface area (Å²) in [6.07, 6.45) is 4.35. The van der Waals surface area contributed by atoms with Crippen LogP contribution in [0, 0.1) is 5.82 Å². The zero-order valence-electron chi connectivity index (χ0n) is 16.4. The van der Waals surface area contributed by atoms with Gasteiger partial charge in [-0.3, -0.25) is 4.98 Å². The van der Waals surface area contributed by atoms with E-state index in [0.29, 0.717) is 18.9 Å². The number of hydrogen-bond donors (Lipinski definition) is 2. The van der Waals surface area contributed by atoms with Crippen LogP contribution in [0.1, 0.15) is 11.1 Å². The zero-order chi connectivity index (χ0) is 20.6. The van der Waals surface area contributed by atoms with E-state index < -0.39 is 0 Å². The molecular weight excluding hydrogens is 377 g/mol. The van der Waals surface area contributed by atoms with Crippen molar-refractivity contribution in [3.05, 3.63) is 102 Å². The third-order valence-electron chi connectivity index (χ3n) is 4.59. The molecule has 2 heterocycles. The van der Waals surface area contributed by atoms with E-state index in [1.54, 1.807) is 18.3 Å². The van der Waals surface area contributed by atoms with Crippen LogP contribution in [0.4, 0.5) is 16.0 Å². The first-order chi connectivity index (χ1) is 14.8. The van der Waals surface area contributed by atoms with Crippen LogP contribution in [0.5, 0.6) is 0 Å². The van der Waals surface area contributed by atoms with Crippen molar-refractivity contribution in [2.24, 2.45) is 0 Å². The lowest BCUT2D eigenvalue weighted by atomic mass is 10.1. The molecule has 0 bridgehead atoms. The van der Waals surface area contributed by atoms with Crippen LogP contribution in [0.2, 0.25) is 0 Å². The molecule has 5 nitrogen and oxygen atoms in total. The molecule has 0 radical (unpaired) electrons. The molecule has 6 heteroatoms. The Morgan fingerprint density at radius 2 is 1.53 bits per heavy atom. The van der Waals surface area contributed by atoms with Gasteiger partial charge in [0.2, 0.25) is 0 Å². The molecule has 0 amide bonds. The first-order valence-corrected chi connectivity index (χ1v) is 9.82. The summed E-state index contributed by atoms with van der Waals surface area (Å²) in [4.78, 5) is 13.5. The molecule has 2 N–H and O–H groups in total. The molecule has 0 saturated carbocycles. The number of pyridine rings is 1. The van der Waals surface area contributed by atoms with E-state index in [4.69, 9.17) is 0 Å². The molecule has 4 rings (SSSR count). The molecule has 150 valence electrons. The third-order valence-corrected chi connectivity index (χ3v) is 4.59. The van der Waals surface area contributed by atoms with E-state index in [0.717, 1.165) is 34.7 Å². The van der Waals surface area contributed by atoms with Crippen LogP contribution < -0.4 is 10.6 Å². The first kappa shape index (κ1) is 19.5. The molecule has 4 aromatic rings. The summed E-state index contributed by atoms with van der Waals surface area (Å²) in [6.45, 7) is 1.30. The van der Waals surface area contributed by atoms with Crippen molar-refractivity contribution in [1.29, 1.82) is 0 Å². The maximum atomic E-state index is 13.1. The second kappa shape index (κ2) is 9.60. The van der Waals surface area contributed by atoms with Crippen LogP contribution >= 0.6 is 0 Å². The molecule has 0 aliphatic heterocycles. The first-order valence-electron chi connectivity index (χ1n) is 9.82. The largest absolute Gasteiger partial charge is 0.370 e. The van der Waals surface area contributed by atoms with Gasteiger partial charge in [0.25, 0.3) is 0 Å². The molecule has 2 aromatic carbocycles. The number of nitrogens with one attached hydrogen (secondary N) is 2. The minimum absolute atomic E-state index is 0.223. The Labute approximate surface area is 175 Å². The Kier molecular flexibility index (Phi) is 6.25. The van der Waals surface area contributed by atoms with Crippen molar-refractivity contribution in [1.82, 2.24) is 15.0 Å². The van der Waals surface area contributed by atoms with Crippen LogP contribution in [0.15, 0.2) is 85.2 Å². The Bertz CT molecular complexity index is 1070. The normalized spacial score (nSPS) is 10.6. The quantitative estimate of drug-likeness (QED) is 0.439. The monoisotopic (exact) mass is 399 g/mol. The van der Waals surface area contributed by atoms with Crippen molar-refractivity contribution < 1.29 is 4.39 Å². The highest BCUT2D eigenvalue weighted by Gasteiger charge is 2.07. The summed E-state index contributed by atoms with van der Waals surface area (Å²) in [6, 6.07) is 22.3. The molecule has 0 spiro atoms. The molecule has 0 aliphatic carbocycles. The van der Waals surface area contributed by atoms with E-state index in [2.05, 4.69) is 25.6 Å². The fraction of sp³-hybridized carbons (Fsp3) is 0.125. The summed E-state index contributed by atoms with van der Waals surface area (Å²) >= 11 is 0. The van der Waals surface area contributed by atoms with Gasteiger partial charge in [0.05, 0.1) is 0 Å². The van der Waals surface area contributed by atoms with E-state index >= 15 is 0 Å². The van der Waals surface area contributed by atoms with Crippen molar-refractivity contribution in [3.8, 4) is 11.4 Å². The predicted molar refractivity (Wildman–Crippen MR) is 118 cm³/mol. The van der Waals surface area contributed by atoms with Crippen LogP contribution in [0.25, 0.3) is 11.4 Å². The van der Waals surface area contributed by atoms with Gasteiger partial charge in [-0.05, 0) is 35.7 Å². The number of benzene rings is 2. The average molecular weight is 399 g/mol. The van der Waals surface area contributed by atoms with Crippen LogP contribution in [0.3, 0.4) is 0 Å². The highest BCUT2D eigenvalue weighted by molar-refractivity contribution is 5.61. The minimum atomic E-state index is -0.223. The summed E-state index contributed by atoms with van der Waals surface area (Å²) < 4.78 is 13.1. The molecule has 30 heavy (non-hydrogen) atoms. The molecule has 0 fully saturated rings. The number of aromatic nitrogens is 3. The summed E-state index contributed by atoms with van der Waals surface area (Å²) in [5, 5.41) is 6.71. The van der Waals surface area contributed by atoms with E-state index in [-0.39, 0.29) is 5.82 Å². The topological polar surface area (TPSA) is 62.7 Å². The van der Waals surface area contributed by atoms with Gasteiger partial charge in [0.1, 0.15) is 17.5 Å². The Balaban J connectivity index is 1.50. The van der Waals surface area contributed by atoms with Gasteiger partial charge in [-0.2, -0.15) is 0 Å². The van der Waals surface area contributed by atoms with Crippen molar-refractivity contribution in [2.75, 3.05) is 17.2 Å². The van der Waals surface area contributed by atoms with Gasteiger partial charge in [-0.1, -0.05) is 48.5 Å².